The number of benzene rings is 1. The Kier molecular flexibility index (Phi) is 4.89. The van der Waals surface area contributed by atoms with E-state index in [0.717, 1.165) is 33.6 Å². The minimum atomic E-state index is -2.87. The summed E-state index contributed by atoms with van der Waals surface area (Å²) < 4.78 is 39.0. The van der Waals surface area contributed by atoms with Gasteiger partial charge in [-0.1, -0.05) is 12.1 Å². The van der Waals surface area contributed by atoms with Crippen LogP contribution in [0, 0.1) is 6.92 Å². The third-order valence-electron chi connectivity index (χ3n) is 5.16. The summed E-state index contributed by atoms with van der Waals surface area (Å²) >= 11 is 0. The highest BCUT2D eigenvalue weighted by Crippen LogP contribution is 2.27. The third kappa shape index (κ3) is 3.49. The maximum atomic E-state index is 12.6. The van der Waals surface area contributed by atoms with E-state index in [-0.39, 0.29) is 5.75 Å². The number of imidazole rings is 1. The van der Waals surface area contributed by atoms with Crippen LogP contribution in [0.5, 0.6) is 11.6 Å². The van der Waals surface area contributed by atoms with Crippen LogP contribution in [0.2, 0.25) is 0 Å². The lowest BCUT2D eigenvalue weighted by atomic mass is 10.2. The van der Waals surface area contributed by atoms with Crippen molar-refractivity contribution >= 4 is 22.2 Å². The molecule has 32 heavy (non-hydrogen) atoms. The van der Waals surface area contributed by atoms with Crippen LogP contribution in [0.4, 0.5) is 8.78 Å². The molecular formula is C22H18F2N6O2. The minimum Gasteiger partial charge on any atom is -0.479 e. The lowest BCUT2D eigenvalue weighted by Gasteiger charge is -2.11. The molecule has 4 aromatic heterocycles. The largest absolute Gasteiger partial charge is 0.479 e. The second kappa shape index (κ2) is 7.88. The molecule has 0 saturated heterocycles. The van der Waals surface area contributed by atoms with E-state index in [2.05, 4.69) is 24.7 Å². The smallest absolute Gasteiger partial charge is 0.387 e. The molecule has 5 aromatic rings. The molecule has 162 valence electrons. The molecule has 4 heterocycles. The molecular weight excluding hydrogens is 418 g/mol. The van der Waals surface area contributed by atoms with Gasteiger partial charge in [0.15, 0.2) is 5.65 Å². The summed E-state index contributed by atoms with van der Waals surface area (Å²) in [6, 6.07) is 10.5. The molecule has 1 aromatic carbocycles. The second-order valence-electron chi connectivity index (χ2n) is 7.11. The maximum Gasteiger partial charge on any atom is 0.387 e. The zero-order chi connectivity index (χ0) is 22.2. The van der Waals surface area contributed by atoms with Crippen molar-refractivity contribution in [1.29, 1.82) is 0 Å². The van der Waals surface area contributed by atoms with Gasteiger partial charge >= 0.3 is 6.61 Å². The van der Waals surface area contributed by atoms with Gasteiger partial charge in [-0.15, -0.1) is 0 Å². The summed E-state index contributed by atoms with van der Waals surface area (Å²) in [5.41, 5.74) is 4.46. The monoisotopic (exact) mass is 436 g/mol. The van der Waals surface area contributed by atoms with Crippen LogP contribution in [0.25, 0.3) is 27.9 Å². The Hall–Kier alpha value is -4.08. The molecule has 0 aliphatic carbocycles. The van der Waals surface area contributed by atoms with E-state index in [1.807, 2.05) is 40.5 Å². The predicted molar refractivity (Wildman–Crippen MR) is 113 cm³/mol. The molecule has 10 heteroatoms. The number of fused-ring (bicyclic) bond motifs is 2. The molecule has 0 atom stereocenters. The lowest BCUT2D eigenvalue weighted by molar-refractivity contribution is -0.0498. The third-order valence-corrected chi connectivity index (χ3v) is 5.16. The molecule has 0 bridgehead atoms. The van der Waals surface area contributed by atoms with E-state index in [0.29, 0.717) is 18.1 Å². The summed E-state index contributed by atoms with van der Waals surface area (Å²) in [4.78, 5) is 17.5. The highest BCUT2D eigenvalue weighted by Gasteiger charge is 2.15. The van der Waals surface area contributed by atoms with E-state index >= 15 is 0 Å². The fourth-order valence-corrected chi connectivity index (χ4v) is 3.75. The van der Waals surface area contributed by atoms with Crippen LogP contribution < -0.4 is 9.47 Å². The average Bonchev–Trinajstić information content (AvgIpc) is 3.34. The Bertz CT molecular complexity index is 1430. The van der Waals surface area contributed by atoms with E-state index in [1.165, 1.54) is 12.4 Å². The predicted octanol–water partition coefficient (Wildman–Crippen LogP) is 4.13. The van der Waals surface area contributed by atoms with Gasteiger partial charge in [0, 0.05) is 12.7 Å². The normalized spacial score (nSPS) is 11.5. The van der Waals surface area contributed by atoms with Crippen molar-refractivity contribution in [2.45, 2.75) is 20.1 Å². The summed E-state index contributed by atoms with van der Waals surface area (Å²) in [5, 5.41) is 0. The summed E-state index contributed by atoms with van der Waals surface area (Å²) in [6.45, 7) is -0.569. The summed E-state index contributed by atoms with van der Waals surface area (Å²) in [7, 11) is 1.56. The topological polar surface area (TPSA) is 79.9 Å². The van der Waals surface area contributed by atoms with Gasteiger partial charge in [0.1, 0.15) is 23.4 Å². The highest BCUT2D eigenvalue weighted by molar-refractivity contribution is 5.83. The first-order chi connectivity index (χ1) is 15.5. The second-order valence-corrected chi connectivity index (χ2v) is 7.11. The van der Waals surface area contributed by atoms with Crippen LogP contribution in [0.1, 0.15) is 11.4 Å². The van der Waals surface area contributed by atoms with Crippen molar-refractivity contribution in [3.63, 3.8) is 0 Å². The maximum absolute atomic E-state index is 12.6. The van der Waals surface area contributed by atoms with E-state index in [1.54, 1.807) is 25.4 Å². The van der Waals surface area contributed by atoms with Crippen LogP contribution in [-0.4, -0.2) is 42.8 Å². The average molecular weight is 436 g/mol. The van der Waals surface area contributed by atoms with Gasteiger partial charge in [0.2, 0.25) is 5.88 Å². The first kappa shape index (κ1) is 19.9. The Labute approximate surface area is 181 Å². The van der Waals surface area contributed by atoms with Gasteiger partial charge in [0.05, 0.1) is 30.0 Å². The zero-order valence-electron chi connectivity index (χ0n) is 17.2. The van der Waals surface area contributed by atoms with Gasteiger partial charge in [-0.2, -0.15) is 13.8 Å². The lowest BCUT2D eigenvalue weighted by Crippen LogP contribution is -2.05. The Morgan fingerprint density at radius 3 is 2.78 bits per heavy atom. The number of aromatic nitrogens is 6. The SMILES string of the molecule is COc1ncnc2ccn(-c3cnc4nc(C)n(Cc5cccc(OC(F)F)c5)c4c3)c12. The van der Waals surface area contributed by atoms with Gasteiger partial charge in [0.25, 0.3) is 0 Å². The van der Waals surface area contributed by atoms with E-state index < -0.39 is 6.61 Å². The summed E-state index contributed by atoms with van der Waals surface area (Å²) in [5.74, 6) is 1.33. The number of nitrogens with zero attached hydrogens (tertiary/aromatic N) is 6. The van der Waals surface area contributed by atoms with Gasteiger partial charge in [-0.05, 0) is 36.8 Å². The Balaban J connectivity index is 1.58. The molecule has 0 N–H and O–H groups in total. The van der Waals surface area contributed by atoms with Crippen LogP contribution in [0.15, 0.2) is 55.1 Å². The number of halogens is 2. The number of alkyl halides is 2. The number of hydrogen-bond donors (Lipinski definition) is 0. The molecule has 0 amide bonds. The number of pyridine rings is 1. The molecule has 0 spiro atoms. The number of rotatable bonds is 6. The van der Waals surface area contributed by atoms with Gasteiger partial charge in [-0.25, -0.2) is 15.0 Å². The molecule has 0 aliphatic heterocycles. The van der Waals surface area contributed by atoms with Crippen molar-refractivity contribution in [2.24, 2.45) is 0 Å². The van der Waals surface area contributed by atoms with Gasteiger partial charge in [-0.3, -0.25) is 0 Å². The Morgan fingerprint density at radius 1 is 1.09 bits per heavy atom. The molecule has 0 saturated carbocycles. The van der Waals surface area contributed by atoms with Crippen molar-refractivity contribution in [1.82, 2.24) is 29.1 Å². The van der Waals surface area contributed by atoms with Crippen molar-refractivity contribution in [3.05, 3.63) is 66.5 Å². The molecule has 5 rings (SSSR count). The molecule has 0 unspecified atom stereocenters. The first-order valence-corrected chi connectivity index (χ1v) is 9.76. The van der Waals surface area contributed by atoms with Gasteiger partial charge < -0.3 is 18.6 Å². The van der Waals surface area contributed by atoms with Crippen molar-refractivity contribution < 1.29 is 18.3 Å². The molecule has 0 aliphatic rings. The van der Waals surface area contributed by atoms with Crippen molar-refractivity contribution in [2.75, 3.05) is 7.11 Å². The molecule has 0 radical (unpaired) electrons. The van der Waals surface area contributed by atoms with Crippen LogP contribution >= 0.6 is 0 Å². The van der Waals surface area contributed by atoms with Crippen LogP contribution in [0.3, 0.4) is 0 Å². The fourth-order valence-electron chi connectivity index (χ4n) is 3.75. The standard InChI is InChI=1S/C22H18F2N6O2/c1-13-28-20-18(30(13)11-14-4-3-5-16(8-14)32-22(23)24)9-15(10-25-20)29-7-6-17-19(29)21(31-2)27-12-26-17/h3-10,12,22H,11H2,1-2H3. The first-order valence-electron chi connectivity index (χ1n) is 9.76. The van der Waals surface area contributed by atoms with Crippen molar-refractivity contribution in [3.8, 4) is 17.3 Å². The molecule has 0 fully saturated rings. The zero-order valence-corrected chi connectivity index (χ0v) is 17.2. The van der Waals surface area contributed by atoms with E-state index in [4.69, 9.17) is 4.74 Å². The number of methoxy groups -OCH3 is 1. The minimum absolute atomic E-state index is 0.115. The van der Waals surface area contributed by atoms with Crippen LogP contribution in [-0.2, 0) is 6.54 Å². The quantitative estimate of drug-likeness (QED) is 0.398. The summed E-state index contributed by atoms with van der Waals surface area (Å²) in [6.07, 6.45) is 5.06. The highest BCUT2D eigenvalue weighted by atomic mass is 19.3. The number of ether oxygens (including phenoxy) is 2. The molecule has 8 nitrogen and oxygen atoms in total. The van der Waals surface area contributed by atoms with E-state index in [9.17, 15) is 8.78 Å². The number of hydrogen-bond acceptors (Lipinski definition) is 6. The Morgan fingerprint density at radius 2 is 1.97 bits per heavy atom. The fraction of sp³-hybridized carbons (Fsp3) is 0.182. The number of aryl methyl sites for hydroxylation is 1.